The largest absolute Gasteiger partial charge is 0.481 e. The minimum atomic E-state index is -4.78. The fourth-order valence-corrected chi connectivity index (χ4v) is 7.17. The maximum absolute atomic E-state index is 13.2. The molecule has 0 amide bonds. The van der Waals surface area contributed by atoms with Gasteiger partial charge in [0.2, 0.25) is 20.0 Å². The van der Waals surface area contributed by atoms with E-state index in [1.807, 2.05) is 0 Å². The molecule has 62 heavy (non-hydrogen) atoms. The Kier molecular flexibility index (Phi) is 15.4. The van der Waals surface area contributed by atoms with Gasteiger partial charge in [0.1, 0.15) is 18.0 Å². The van der Waals surface area contributed by atoms with E-state index in [9.17, 15) is 65.9 Å². The highest BCUT2D eigenvalue weighted by Crippen LogP contribution is 2.39. The van der Waals surface area contributed by atoms with E-state index in [1.54, 1.807) is 30.3 Å². The van der Waals surface area contributed by atoms with Crippen LogP contribution in [0.25, 0.3) is 22.3 Å². The number of benzene rings is 5. The molecule has 0 fully saturated rings. The molecule has 0 saturated carbocycles. The Labute approximate surface area is 346 Å². The van der Waals surface area contributed by atoms with Crippen molar-refractivity contribution in [3.05, 3.63) is 132 Å². The SMILES string of the molecule is O=C(O)COc1ccc(C(F)(F)F)cc1-c1ccc(S(=O)(=O)NCC(F)(F)F)cc1.O=C(O)COc1ccc(C(F)(F)F)cc1-c1ccc(S(=O)(=O)NCc2ccccc2)cc1. The topological polar surface area (TPSA) is 185 Å². The van der Waals surface area contributed by atoms with Gasteiger partial charge in [-0.2, -0.15) is 39.5 Å². The molecule has 0 atom stereocenters. The molecule has 332 valence electrons. The van der Waals surface area contributed by atoms with Crippen molar-refractivity contribution in [2.45, 2.75) is 34.9 Å². The van der Waals surface area contributed by atoms with Crippen LogP contribution in [0.5, 0.6) is 11.5 Å². The number of carbonyl (C=O) groups is 2. The minimum Gasteiger partial charge on any atom is -0.481 e. The standard InChI is InChI=1S/C22H18F3NO5S.C17H13F6NO5S/c23-22(24,25)17-8-11-20(31-14-21(27)28)19(12-17)16-6-9-18(10-7-16)32(29,30)26-13-15-4-2-1-3-5-15;18-16(19,20)9-24-30(27,28)12-4-1-10(2-5-12)13-7-11(17(21,22)23)3-6-14(13)29-8-15(25)26/h1-12,26H,13-14H2,(H,27,28);1-7,24H,8-9H2,(H,25,26). The average molecular weight is 923 g/mol. The van der Waals surface area contributed by atoms with Gasteiger partial charge in [-0.15, -0.1) is 0 Å². The van der Waals surface area contributed by atoms with Crippen LogP contribution in [0.1, 0.15) is 16.7 Å². The lowest BCUT2D eigenvalue weighted by molar-refractivity contribution is -0.140. The second kappa shape index (κ2) is 19.7. The molecule has 0 aliphatic heterocycles. The van der Waals surface area contributed by atoms with E-state index in [0.29, 0.717) is 12.1 Å². The maximum atomic E-state index is 13.2. The molecule has 0 saturated heterocycles. The number of alkyl halides is 9. The summed E-state index contributed by atoms with van der Waals surface area (Å²) in [6.45, 7) is -3.30. The number of carboxylic acid groups (broad SMARTS) is 2. The number of ether oxygens (including phenoxy) is 2. The monoisotopic (exact) mass is 922 g/mol. The van der Waals surface area contributed by atoms with Crippen LogP contribution in [0.4, 0.5) is 39.5 Å². The van der Waals surface area contributed by atoms with Gasteiger partial charge < -0.3 is 19.7 Å². The Morgan fingerprint density at radius 3 is 1.27 bits per heavy atom. The first-order chi connectivity index (χ1) is 28.7. The molecular weight excluding hydrogens is 892 g/mol. The summed E-state index contributed by atoms with van der Waals surface area (Å²) in [5, 5.41) is 17.5. The molecule has 5 aromatic rings. The molecule has 0 bridgehead atoms. The van der Waals surface area contributed by atoms with Crippen LogP contribution < -0.4 is 18.9 Å². The average Bonchev–Trinajstić information content (AvgIpc) is 3.20. The zero-order valence-electron chi connectivity index (χ0n) is 31.2. The molecule has 4 N–H and O–H groups in total. The molecular formula is C39H31F9N2O10S2. The molecule has 0 aliphatic rings. The minimum absolute atomic E-state index is 0.0118. The van der Waals surface area contributed by atoms with Gasteiger partial charge in [0.15, 0.2) is 13.2 Å². The smallest absolute Gasteiger partial charge is 0.416 e. The molecule has 0 aliphatic carbocycles. The Morgan fingerprint density at radius 2 is 0.919 bits per heavy atom. The third-order valence-corrected chi connectivity index (χ3v) is 10.9. The fourth-order valence-electron chi connectivity index (χ4n) is 5.14. The van der Waals surface area contributed by atoms with Gasteiger partial charge in [-0.3, -0.25) is 0 Å². The summed E-state index contributed by atoms with van der Waals surface area (Å²) in [6.07, 6.45) is -14.1. The molecule has 0 unspecified atom stereocenters. The number of halogens is 9. The quantitative estimate of drug-likeness (QED) is 0.0751. The van der Waals surface area contributed by atoms with Crippen LogP contribution in [0.15, 0.2) is 125 Å². The first-order valence-corrected chi connectivity index (χ1v) is 20.1. The summed E-state index contributed by atoms with van der Waals surface area (Å²) in [4.78, 5) is 20.8. The van der Waals surface area contributed by atoms with Crippen molar-refractivity contribution < 1.29 is 85.6 Å². The summed E-state index contributed by atoms with van der Waals surface area (Å²) in [5.74, 6) is -2.95. The normalized spacial score (nSPS) is 12.2. The van der Waals surface area contributed by atoms with Gasteiger partial charge >= 0.3 is 30.5 Å². The molecule has 5 rings (SSSR count). The second-order valence-corrected chi connectivity index (χ2v) is 16.1. The van der Waals surface area contributed by atoms with Crippen LogP contribution in [-0.2, 0) is 48.5 Å². The third-order valence-electron chi connectivity index (χ3n) is 8.04. The third kappa shape index (κ3) is 14.2. The molecule has 12 nitrogen and oxygen atoms in total. The lowest BCUT2D eigenvalue weighted by Crippen LogP contribution is -2.33. The Hall–Kier alpha value is -6.17. The molecule has 0 aromatic heterocycles. The van der Waals surface area contributed by atoms with Crippen molar-refractivity contribution in [3.8, 4) is 33.8 Å². The van der Waals surface area contributed by atoms with Crippen LogP contribution >= 0.6 is 0 Å². The van der Waals surface area contributed by atoms with E-state index in [4.69, 9.17) is 19.7 Å². The van der Waals surface area contributed by atoms with Gasteiger partial charge in [0.05, 0.1) is 20.9 Å². The van der Waals surface area contributed by atoms with Gasteiger partial charge in [-0.25, -0.2) is 35.9 Å². The van der Waals surface area contributed by atoms with E-state index in [1.165, 1.54) is 29.0 Å². The van der Waals surface area contributed by atoms with Gasteiger partial charge in [-0.05, 0) is 77.4 Å². The van der Waals surface area contributed by atoms with Crippen molar-refractivity contribution in [1.29, 1.82) is 0 Å². The predicted octanol–water partition coefficient (Wildman–Crippen LogP) is 7.99. The van der Waals surface area contributed by atoms with Crippen LogP contribution in [0.2, 0.25) is 0 Å². The predicted molar refractivity (Wildman–Crippen MR) is 202 cm³/mol. The van der Waals surface area contributed by atoms with Crippen LogP contribution in [-0.4, -0.2) is 64.9 Å². The number of nitrogens with one attached hydrogen (secondary N) is 2. The molecule has 23 heteroatoms. The number of hydrogen-bond acceptors (Lipinski definition) is 8. The summed E-state index contributed by atoms with van der Waals surface area (Å²) in [6, 6.07) is 22.9. The number of hydrogen-bond donors (Lipinski definition) is 4. The van der Waals surface area contributed by atoms with E-state index in [-0.39, 0.29) is 45.2 Å². The van der Waals surface area contributed by atoms with Crippen LogP contribution in [0.3, 0.4) is 0 Å². The molecule has 0 spiro atoms. The number of rotatable bonds is 15. The second-order valence-electron chi connectivity index (χ2n) is 12.6. The van der Waals surface area contributed by atoms with E-state index in [0.717, 1.165) is 54.1 Å². The fraction of sp³-hybridized carbons (Fsp3) is 0.179. The first-order valence-electron chi connectivity index (χ1n) is 17.2. The molecule has 0 heterocycles. The molecule has 5 aromatic carbocycles. The maximum Gasteiger partial charge on any atom is 0.416 e. The zero-order chi connectivity index (χ0) is 46.1. The lowest BCUT2D eigenvalue weighted by atomic mass is 10.0. The van der Waals surface area contributed by atoms with Crippen LogP contribution in [0, 0.1) is 0 Å². The Bertz CT molecular complexity index is 2570. The lowest BCUT2D eigenvalue weighted by Gasteiger charge is -2.15. The van der Waals surface area contributed by atoms with Crippen molar-refractivity contribution >= 4 is 32.0 Å². The number of aliphatic carboxylic acids is 2. The molecule has 0 radical (unpaired) electrons. The van der Waals surface area contributed by atoms with Gasteiger partial charge in [0.25, 0.3) is 0 Å². The van der Waals surface area contributed by atoms with Gasteiger partial charge in [-0.1, -0.05) is 54.6 Å². The number of carboxylic acids is 2. The van der Waals surface area contributed by atoms with E-state index < -0.39 is 86.3 Å². The van der Waals surface area contributed by atoms with E-state index in [2.05, 4.69) is 4.72 Å². The van der Waals surface area contributed by atoms with E-state index >= 15 is 0 Å². The first kappa shape index (κ1) is 48.5. The van der Waals surface area contributed by atoms with Crippen molar-refractivity contribution in [2.75, 3.05) is 19.8 Å². The van der Waals surface area contributed by atoms with Crippen molar-refractivity contribution in [1.82, 2.24) is 9.44 Å². The Morgan fingerprint density at radius 1 is 0.532 bits per heavy atom. The summed E-state index contributed by atoms with van der Waals surface area (Å²) < 4.78 is 178. The summed E-state index contributed by atoms with van der Waals surface area (Å²) in [7, 11) is -8.37. The summed E-state index contributed by atoms with van der Waals surface area (Å²) >= 11 is 0. The summed E-state index contributed by atoms with van der Waals surface area (Å²) in [5.41, 5.74) is -1.19. The zero-order valence-corrected chi connectivity index (χ0v) is 32.8. The van der Waals surface area contributed by atoms with Gasteiger partial charge in [0, 0.05) is 17.7 Å². The highest BCUT2D eigenvalue weighted by Gasteiger charge is 2.33. The van der Waals surface area contributed by atoms with Crippen molar-refractivity contribution in [2.24, 2.45) is 0 Å². The Balaban J connectivity index is 0.000000273. The highest BCUT2D eigenvalue weighted by molar-refractivity contribution is 7.89. The highest BCUT2D eigenvalue weighted by atomic mass is 32.2. The van der Waals surface area contributed by atoms with Crippen molar-refractivity contribution in [3.63, 3.8) is 0 Å². The number of sulfonamides is 2.